The summed E-state index contributed by atoms with van der Waals surface area (Å²) < 4.78 is 5.54. The number of benzene rings is 1. The third kappa shape index (κ3) is 3.35. The minimum absolute atomic E-state index is 0.0733. The van der Waals surface area contributed by atoms with Gasteiger partial charge < -0.3 is 4.74 Å². The van der Waals surface area contributed by atoms with Gasteiger partial charge in [-0.3, -0.25) is 10.8 Å². The van der Waals surface area contributed by atoms with E-state index in [1.807, 2.05) is 57.2 Å². The van der Waals surface area contributed by atoms with Crippen LogP contribution in [0, 0.1) is 13.8 Å². The maximum absolute atomic E-state index is 5.75. The number of hydrogen-bond donors (Lipinski definition) is 2. The molecule has 4 nitrogen and oxygen atoms in total. The van der Waals surface area contributed by atoms with Crippen molar-refractivity contribution in [3.8, 4) is 5.75 Å². The molecule has 20 heavy (non-hydrogen) atoms. The maximum atomic E-state index is 5.75. The average molecular weight is 271 g/mol. The topological polar surface area (TPSA) is 60.2 Å². The molecule has 3 N–H and O–H groups in total. The van der Waals surface area contributed by atoms with E-state index in [2.05, 4.69) is 10.4 Å². The Morgan fingerprint density at radius 1 is 1.15 bits per heavy atom. The first kappa shape index (κ1) is 14.5. The molecule has 1 atom stereocenters. The number of nitrogens with zero attached hydrogens (tertiary/aromatic N) is 1. The van der Waals surface area contributed by atoms with E-state index < -0.39 is 0 Å². The molecule has 1 aromatic heterocycles. The summed E-state index contributed by atoms with van der Waals surface area (Å²) >= 11 is 0. The van der Waals surface area contributed by atoms with Gasteiger partial charge in [-0.15, -0.1) is 0 Å². The summed E-state index contributed by atoms with van der Waals surface area (Å²) in [6.45, 7) is 6.60. The lowest BCUT2D eigenvalue weighted by molar-refractivity contribution is 0.339. The van der Waals surface area contributed by atoms with Gasteiger partial charge in [-0.2, -0.15) is 0 Å². The molecular weight excluding hydrogens is 250 g/mol. The van der Waals surface area contributed by atoms with E-state index >= 15 is 0 Å². The highest BCUT2D eigenvalue weighted by Crippen LogP contribution is 2.25. The quantitative estimate of drug-likeness (QED) is 0.648. The fraction of sp³-hybridized carbons (Fsp3) is 0.312. The molecule has 0 spiro atoms. The van der Waals surface area contributed by atoms with Crippen LogP contribution in [0.5, 0.6) is 5.75 Å². The zero-order valence-electron chi connectivity index (χ0n) is 12.2. The van der Waals surface area contributed by atoms with Crippen molar-refractivity contribution in [2.45, 2.75) is 26.8 Å². The molecule has 0 bridgehead atoms. The molecular formula is C16H21N3O. The van der Waals surface area contributed by atoms with Gasteiger partial charge in [0.25, 0.3) is 0 Å². The second-order valence-corrected chi connectivity index (χ2v) is 4.79. The lowest BCUT2D eigenvalue weighted by Crippen LogP contribution is -2.29. The Labute approximate surface area is 120 Å². The van der Waals surface area contributed by atoms with Crippen molar-refractivity contribution in [2.75, 3.05) is 6.61 Å². The first-order valence-electron chi connectivity index (χ1n) is 6.78. The third-order valence-electron chi connectivity index (χ3n) is 3.11. The highest BCUT2D eigenvalue weighted by molar-refractivity contribution is 5.37. The van der Waals surface area contributed by atoms with Crippen molar-refractivity contribution in [3.63, 3.8) is 0 Å². The SMILES string of the molecule is CCOc1cccc(C(NN)c2cc(C)nc(C)c2)c1. The molecule has 2 aromatic rings. The number of aromatic nitrogens is 1. The Balaban J connectivity index is 2.38. The first-order chi connectivity index (χ1) is 9.63. The maximum Gasteiger partial charge on any atom is 0.119 e. The molecule has 1 unspecified atom stereocenters. The van der Waals surface area contributed by atoms with Gasteiger partial charge in [0.1, 0.15) is 5.75 Å². The molecule has 0 aliphatic carbocycles. The Kier molecular flexibility index (Phi) is 4.71. The summed E-state index contributed by atoms with van der Waals surface area (Å²) in [4.78, 5) is 4.40. The van der Waals surface area contributed by atoms with Gasteiger partial charge in [-0.05, 0) is 56.2 Å². The monoisotopic (exact) mass is 271 g/mol. The Morgan fingerprint density at radius 2 is 1.85 bits per heavy atom. The van der Waals surface area contributed by atoms with E-state index in [9.17, 15) is 0 Å². The van der Waals surface area contributed by atoms with Crippen molar-refractivity contribution in [1.29, 1.82) is 0 Å². The van der Waals surface area contributed by atoms with Crippen LogP contribution < -0.4 is 16.0 Å². The van der Waals surface area contributed by atoms with E-state index in [-0.39, 0.29) is 6.04 Å². The molecule has 1 aromatic carbocycles. The number of hydrazine groups is 1. The second-order valence-electron chi connectivity index (χ2n) is 4.79. The summed E-state index contributed by atoms with van der Waals surface area (Å²) in [5.74, 6) is 6.60. The number of ether oxygens (including phenoxy) is 1. The van der Waals surface area contributed by atoms with Crippen LogP contribution in [0.4, 0.5) is 0 Å². The Bertz CT molecular complexity index is 563. The average Bonchev–Trinajstić information content (AvgIpc) is 2.39. The summed E-state index contributed by atoms with van der Waals surface area (Å²) in [5, 5.41) is 0. The molecule has 4 heteroatoms. The van der Waals surface area contributed by atoms with Crippen LogP contribution >= 0.6 is 0 Å². The van der Waals surface area contributed by atoms with Gasteiger partial charge in [0, 0.05) is 11.4 Å². The normalized spacial score (nSPS) is 12.2. The zero-order chi connectivity index (χ0) is 14.5. The molecule has 0 saturated carbocycles. The first-order valence-corrected chi connectivity index (χ1v) is 6.78. The van der Waals surface area contributed by atoms with Crippen LogP contribution in [0.25, 0.3) is 0 Å². The van der Waals surface area contributed by atoms with Crippen LogP contribution in [-0.4, -0.2) is 11.6 Å². The van der Waals surface area contributed by atoms with Crippen LogP contribution in [-0.2, 0) is 0 Å². The van der Waals surface area contributed by atoms with Crippen LogP contribution in [0.15, 0.2) is 36.4 Å². The zero-order valence-corrected chi connectivity index (χ0v) is 12.2. The third-order valence-corrected chi connectivity index (χ3v) is 3.11. The molecule has 0 saturated heterocycles. The van der Waals surface area contributed by atoms with E-state index in [1.54, 1.807) is 0 Å². The fourth-order valence-corrected chi connectivity index (χ4v) is 2.37. The van der Waals surface area contributed by atoms with Crippen molar-refractivity contribution in [2.24, 2.45) is 5.84 Å². The molecule has 106 valence electrons. The number of aryl methyl sites for hydroxylation is 2. The highest BCUT2D eigenvalue weighted by atomic mass is 16.5. The Morgan fingerprint density at radius 3 is 2.45 bits per heavy atom. The van der Waals surface area contributed by atoms with Crippen molar-refractivity contribution in [1.82, 2.24) is 10.4 Å². The summed E-state index contributed by atoms with van der Waals surface area (Å²) in [6, 6.07) is 12.0. The lowest BCUT2D eigenvalue weighted by Gasteiger charge is -2.18. The van der Waals surface area contributed by atoms with E-state index in [0.717, 1.165) is 28.3 Å². The predicted octanol–water partition coefficient (Wildman–Crippen LogP) is 2.65. The number of nitrogens with two attached hydrogens (primary N) is 1. The summed E-state index contributed by atoms with van der Waals surface area (Å²) in [7, 11) is 0. The minimum Gasteiger partial charge on any atom is -0.494 e. The van der Waals surface area contributed by atoms with Gasteiger partial charge in [0.05, 0.1) is 12.6 Å². The molecule has 0 aliphatic rings. The van der Waals surface area contributed by atoms with Crippen LogP contribution in [0.2, 0.25) is 0 Å². The van der Waals surface area contributed by atoms with Crippen LogP contribution in [0.1, 0.15) is 35.5 Å². The molecule has 0 amide bonds. The van der Waals surface area contributed by atoms with Crippen LogP contribution in [0.3, 0.4) is 0 Å². The minimum atomic E-state index is -0.0733. The highest BCUT2D eigenvalue weighted by Gasteiger charge is 2.14. The van der Waals surface area contributed by atoms with Gasteiger partial charge in [0.15, 0.2) is 0 Å². The number of hydrogen-bond acceptors (Lipinski definition) is 4. The molecule has 0 aliphatic heterocycles. The standard InChI is InChI=1S/C16H21N3O/c1-4-20-15-7-5-6-13(10-15)16(19-17)14-8-11(2)18-12(3)9-14/h5-10,16,19H,4,17H2,1-3H3. The molecule has 1 heterocycles. The smallest absolute Gasteiger partial charge is 0.119 e. The van der Waals surface area contributed by atoms with Crippen molar-refractivity contribution < 1.29 is 4.74 Å². The lowest BCUT2D eigenvalue weighted by atomic mass is 9.98. The van der Waals surface area contributed by atoms with Gasteiger partial charge in [-0.25, -0.2) is 5.43 Å². The van der Waals surface area contributed by atoms with Crippen molar-refractivity contribution in [3.05, 3.63) is 58.9 Å². The molecule has 0 fully saturated rings. The van der Waals surface area contributed by atoms with E-state index in [1.165, 1.54) is 0 Å². The van der Waals surface area contributed by atoms with Gasteiger partial charge in [0.2, 0.25) is 0 Å². The fourth-order valence-electron chi connectivity index (χ4n) is 2.37. The van der Waals surface area contributed by atoms with Gasteiger partial charge >= 0.3 is 0 Å². The number of pyridine rings is 1. The molecule has 2 rings (SSSR count). The van der Waals surface area contributed by atoms with Gasteiger partial charge in [-0.1, -0.05) is 12.1 Å². The number of rotatable bonds is 5. The predicted molar refractivity (Wildman–Crippen MR) is 80.5 cm³/mol. The largest absolute Gasteiger partial charge is 0.494 e. The molecule has 0 radical (unpaired) electrons. The van der Waals surface area contributed by atoms with Crippen molar-refractivity contribution >= 4 is 0 Å². The van der Waals surface area contributed by atoms with E-state index in [4.69, 9.17) is 10.6 Å². The summed E-state index contributed by atoms with van der Waals surface area (Å²) in [6.07, 6.45) is 0. The van der Waals surface area contributed by atoms with E-state index in [0.29, 0.717) is 6.61 Å². The Hall–Kier alpha value is -1.91. The second kappa shape index (κ2) is 6.50. The number of nitrogens with one attached hydrogen (secondary N) is 1. The summed E-state index contributed by atoms with van der Waals surface area (Å²) in [5.41, 5.74) is 7.03.